The number of hydrogen-bond donors (Lipinski definition) is 0. The molecular weight excluding hydrogens is 230 g/mol. The van der Waals surface area contributed by atoms with Crippen LogP contribution in [0.4, 0.5) is 0 Å². The molecule has 0 N–H and O–H groups in total. The number of carbonyl (C=O) groups excluding carboxylic acids is 2. The highest BCUT2D eigenvalue weighted by molar-refractivity contribution is 5.89. The summed E-state index contributed by atoms with van der Waals surface area (Å²) in [7, 11) is 1.66. The van der Waals surface area contributed by atoms with Crippen molar-refractivity contribution in [3.63, 3.8) is 0 Å². The molecule has 1 rings (SSSR count). The van der Waals surface area contributed by atoms with Gasteiger partial charge in [-0.2, -0.15) is 0 Å². The molecule has 0 heterocycles. The summed E-state index contributed by atoms with van der Waals surface area (Å²) in [5.74, 6) is -0.441. The molecule has 0 spiro atoms. The molecule has 4 nitrogen and oxygen atoms in total. The monoisotopic (exact) mass is 247 g/mol. The molecule has 1 amide bonds. The van der Waals surface area contributed by atoms with Gasteiger partial charge in [0.15, 0.2) is 0 Å². The van der Waals surface area contributed by atoms with Gasteiger partial charge in [-0.05, 0) is 17.7 Å². The molecule has 0 aliphatic carbocycles. The van der Waals surface area contributed by atoms with E-state index < -0.39 is 0 Å². The van der Waals surface area contributed by atoms with Gasteiger partial charge in [0.05, 0.1) is 12.1 Å². The maximum atomic E-state index is 11.6. The van der Waals surface area contributed by atoms with E-state index in [9.17, 15) is 9.59 Å². The summed E-state index contributed by atoms with van der Waals surface area (Å²) in [6, 6.07) is 6.97. The van der Waals surface area contributed by atoms with Crippen molar-refractivity contribution in [3.8, 4) is 0 Å². The van der Waals surface area contributed by atoms with E-state index in [2.05, 4.69) is 6.58 Å². The standard InChI is InChI=1S/C14H17NO3/c1-4-12-5-7-13(8-6-12)14(17)18-10-9-15(3)11(2)16/h4-8H,1,9-10H2,2-3H3. The minimum atomic E-state index is -0.387. The summed E-state index contributed by atoms with van der Waals surface area (Å²) < 4.78 is 5.06. The molecule has 18 heavy (non-hydrogen) atoms. The van der Waals surface area contributed by atoms with Crippen LogP contribution in [0, 0.1) is 0 Å². The third kappa shape index (κ3) is 4.05. The molecule has 1 aromatic carbocycles. The fourth-order valence-corrected chi connectivity index (χ4v) is 1.27. The number of likely N-dealkylation sites (N-methyl/N-ethyl adjacent to an activating group) is 1. The lowest BCUT2D eigenvalue weighted by Crippen LogP contribution is -2.28. The molecule has 0 unspecified atom stereocenters. The molecule has 1 aromatic rings. The predicted molar refractivity (Wildman–Crippen MR) is 70.1 cm³/mol. The number of ether oxygens (including phenoxy) is 1. The molecule has 0 saturated heterocycles. The third-order valence-electron chi connectivity index (χ3n) is 2.58. The van der Waals surface area contributed by atoms with E-state index in [1.54, 1.807) is 37.4 Å². The van der Waals surface area contributed by atoms with Crippen molar-refractivity contribution in [1.82, 2.24) is 4.90 Å². The Balaban J connectivity index is 2.45. The zero-order chi connectivity index (χ0) is 13.5. The Morgan fingerprint density at radius 2 is 1.94 bits per heavy atom. The molecule has 0 radical (unpaired) electrons. The van der Waals surface area contributed by atoms with Gasteiger partial charge < -0.3 is 9.64 Å². The fraction of sp³-hybridized carbons (Fsp3) is 0.286. The van der Waals surface area contributed by atoms with Gasteiger partial charge in [-0.25, -0.2) is 4.79 Å². The molecular formula is C14H17NO3. The highest BCUT2D eigenvalue weighted by Gasteiger charge is 2.08. The van der Waals surface area contributed by atoms with Crippen molar-refractivity contribution in [2.24, 2.45) is 0 Å². The van der Waals surface area contributed by atoms with E-state index in [0.717, 1.165) is 5.56 Å². The number of rotatable bonds is 5. The summed E-state index contributed by atoms with van der Waals surface area (Å²) in [5.41, 5.74) is 1.44. The molecule has 0 fully saturated rings. The fourth-order valence-electron chi connectivity index (χ4n) is 1.27. The number of carbonyl (C=O) groups is 2. The SMILES string of the molecule is C=Cc1ccc(C(=O)OCCN(C)C(C)=O)cc1. The number of esters is 1. The molecule has 96 valence electrons. The molecule has 0 aliphatic heterocycles. The van der Waals surface area contributed by atoms with Crippen molar-refractivity contribution in [1.29, 1.82) is 0 Å². The topological polar surface area (TPSA) is 46.6 Å². The van der Waals surface area contributed by atoms with Crippen LogP contribution in [0.3, 0.4) is 0 Å². The van der Waals surface area contributed by atoms with Crippen LogP contribution >= 0.6 is 0 Å². The van der Waals surface area contributed by atoms with Crippen LogP contribution in [0.5, 0.6) is 0 Å². The lowest BCUT2D eigenvalue weighted by molar-refractivity contribution is -0.128. The zero-order valence-corrected chi connectivity index (χ0v) is 10.7. The second kappa shape index (κ2) is 6.59. The first-order chi connectivity index (χ1) is 8.54. The first kappa shape index (κ1) is 14.0. The smallest absolute Gasteiger partial charge is 0.338 e. The average molecular weight is 247 g/mol. The van der Waals surface area contributed by atoms with E-state index >= 15 is 0 Å². The summed E-state index contributed by atoms with van der Waals surface area (Å²) in [6.07, 6.45) is 1.71. The van der Waals surface area contributed by atoms with Crippen molar-refractivity contribution in [2.75, 3.05) is 20.2 Å². The minimum Gasteiger partial charge on any atom is -0.460 e. The van der Waals surface area contributed by atoms with Crippen LogP contribution in [0.2, 0.25) is 0 Å². The van der Waals surface area contributed by atoms with Gasteiger partial charge in [0, 0.05) is 14.0 Å². The Kier molecular flexibility index (Phi) is 5.11. The van der Waals surface area contributed by atoms with Crippen LogP contribution in [-0.2, 0) is 9.53 Å². The highest BCUT2D eigenvalue weighted by atomic mass is 16.5. The van der Waals surface area contributed by atoms with Gasteiger partial charge >= 0.3 is 5.97 Å². The molecule has 0 atom stereocenters. The maximum absolute atomic E-state index is 11.6. The van der Waals surface area contributed by atoms with Gasteiger partial charge in [0.1, 0.15) is 6.61 Å². The lowest BCUT2D eigenvalue weighted by Gasteiger charge is -2.14. The van der Waals surface area contributed by atoms with Gasteiger partial charge in [0.25, 0.3) is 0 Å². The van der Waals surface area contributed by atoms with Gasteiger partial charge in [-0.1, -0.05) is 24.8 Å². The summed E-state index contributed by atoms with van der Waals surface area (Å²) >= 11 is 0. The van der Waals surface area contributed by atoms with E-state index in [1.807, 2.05) is 0 Å². The van der Waals surface area contributed by atoms with E-state index in [-0.39, 0.29) is 18.5 Å². The minimum absolute atomic E-state index is 0.0543. The quantitative estimate of drug-likeness (QED) is 0.747. The number of hydrogen-bond acceptors (Lipinski definition) is 3. The van der Waals surface area contributed by atoms with E-state index in [0.29, 0.717) is 12.1 Å². The van der Waals surface area contributed by atoms with Crippen molar-refractivity contribution >= 4 is 18.0 Å². The van der Waals surface area contributed by atoms with Crippen molar-refractivity contribution < 1.29 is 14.3 Å². The largest absolute Gasteiger partial charge is 0.460 e. The van der Waals surface area contributed by atoms with E-state index in [1.165, 1.54) is 11.8 Å². The Hall–Kier alpha value is -2.10. The molecule has 0 bridgehead atoms. The van der Waals surface area contributed by atoms with Crippen LogP contribution in [0.15, 0.2) is 30.8 Å². The van der Waals surface area contributed by atoms with Crippen molar-refractivity contribution in [3.05, 3.63) is 42.0 Å². The zero-order valence-electron chi connectivity index (χ0n) is 10.7. The van der Waals surface area contributed by atoms with Crippen LogP contribution in [-0.4, -0.2) is 37.0 Å². The highest BCUT2D eigenvalue weighted by Crippen LogP contribution is 2.06. The maximum Gasteiger partial charge on any atom is 0.338 e. The van der Waals surface area contributed by atoms with Crippen molar-refractivity contribution in [2.45, 2.75) is 6.92 Å². The lowest BCUT2D eigenvalue weighted by atomic mass is 10.1. The van der Waals surface area contributed by atoms with Crippen LogP contribution in [0.25, 0.3) is 6.08 Å². The normalized spacial score (nSPS) is 9.67. The van der Waals surface area contributed by atoms with Gasteiger partial charge in [0.2, 0.25) is 5.91 Å². The molecule has 4 heteroatoms. The summed E-state index contributed by atoms with van der Waals surface area (Å²) in [6.45, 7) is 5.69. The molecule has 0 aliphatic rings. The Bertz CT molecular complexity index is 437. The number of amides is 1. The second-order valence-electron chi connectivity index (χ2n) is 3.90. The average Bonchev–Trinajstić information content (AvgIpc) is 2.38. The first-order valence-corrected chi connectivity index (χ1v) is 5.66. The summed E-state index contributed by atoms with van der Waals surface area (Å²) in [5, 5.41) is 0. The Morgan fingerprint density at radius 3 is 2.44 bits per heavy atom. The Labute approximate surface area is 107 Å². The first-order valence-electron chi connectivity index (χ1n) is 5.66. The number of benzene rings is 1. The number of nitrogens with zero attached hydrogens (tertiary/aromatic N) is 1. The molecule has 0 aromatic heterocycles. The van der Waals surface area contributed by atoms with Gasteiger partial charge in [-0.15, -0.1) is 0 Å². The van der Waals surface area contributed by atoms with E-state index in [4.69, 9.17) is 4.74 Å². The second-order valence-corrected chi connectivity index (χ2v) is 3.90. The third-order valence-corrected chi connectivity index (χ3v) is 2.58. The van der Waals surface area contributed by atoms with Crippen LogP contribution < -0.4 is 0 Å². The predicted octanol–water partition coefficient (Wildman–Crippen LogP) is 1.96. The van der Waals surface area contributed by atoms with Crippen LogP contribution in [0.1, 0.15) is 22.8 Å². The summed E-state index contributed by atoms with van der Waals surface area (Å²) in [4.78, 5) is 24.1. The Morgan fingerprint density at radius 1 is 1.33 bits per heavy atom. The molecule has 0 saturated carbocycles. The van der Waals surface area contributed by atoms with Gasteiger partial charge in [-0.3, -0.25) is 4.79 Å².